The molecule has 3 aromatic heterocycles. The van der Waals surface area contributed by atoms with Crippen molar-refractivity contribution in [2.45, 2.75) is 0 Å². The minimum absolute atomic E-state index is 0.592. The maximum atomic E-state index is 6.62. The highest BCUT2D eigenvalue weighted by molar-refractivity contribution is 6.15. The lowest BCUT2D eigenvalue weighted by molar-refractivity contribution is 0.617. The average Bonchev–Trinajstić information content (AvgIpc) is 3.99. The number of furan rings is 2. The van der Waals surface area contributed by atoms with Crippen molar-refractivity contribution in [3.8, 4) is 33.7 Å². The van der Waals surface area contributed by atoms with Gasteiger partial charge in [0.25, 0.3) is 0 Å². The lowest BCUT2D eigenvalue weighted by atomic mass is 9.97. The Kier molecular flexibility index (Phi) is 7.16. The fraction of sp³-hybridized carbons (Fsp3) is 0. The number of fused-ring (bicyclic) bond motifs is 8. The molecule has 0 aliphatic rings. The number of rotatable bonds is 6. The lowest BCUT2D eigenvalue weighted by Crippen LogP contribution is -2.10. The van der Waals surface area contributed by atoms with Crippen LogP contribution in [0, 0.1) is 0 Å². The SMILES string of the molecule is c1ccc(-c2nc3cc4c(cc3o2)oc2cccc(-c3ccc(N(c5ccc(-c6cccc7ccccc67)cc5)c5cccc6c5oc5ccccc56)cc3)c24)cc1. The second-order valence-corrected chi connectivity index (χ2v) is 14.7. The molecule has 0 radical (unpaired) electrons. The maximum absolute atomic E-state index is 6.62. The van der Waals surface area contributed by atoms with Crippen molar-refractivity contribution in [1.29, 1.82) is 0 Å². The molecule has 0 spiro atoms. The Morgan fingerprint density at radius 2 is 1.02 bits per heavy atom. The zero-order valence-corrected chi connectivity index (χ0v) is 31.1. The smallest absolute Gasteiger partial charge is 0.227 e. The lowest BCUT2D eigenvalue weighted by Gasteiger charge is -2.26. The predicted octanol–water partition coefficient (Wildman–Crippen LogP) is 15.3. The van der Waals surface area contributed by atoms with E-state index in [1.54, 1.807) is 0 Å². The highest BCUT2D eigenvalue weighted by Gasteiger charge is 2.21. The van der Waals surface area contributed by atoms with Crippen LogP contribution in [-0.2, 0) is 0 Å². The molecule has 0 saturated carbocycles. The van der Waals surface area contributed by atoms with Crippen molar-refractivity contribution >= 4 is 82.8 Å². The molecule has 5 nitrogen and oxygen atoms in total. The van der Waals surface area contributed by atoms with Crippen LogP contribution in [0.2, 0.25) is 0 Å². The standard InChI is InChI=1S/C53H32N2O3/c1-2-12-36(13-3-1)53-54-45-31-44-49(32-50(45)58-53)56-48-22-10-18-41(51(44)48)35-25-29-38(30-26-35)55(46-20-9-19-43-42-16-6-7-21-47(42)57-52(43)46)37-27-23-34(24-28-37)40-17-8-14-33-11-4-5-15-39(33)40/h1-32H. The summed E-state index contributed by atoms with van der Waals surface area (Å²) in [6.45, 7) is 0. The summed E-state index contributed by atoms with van der Waals surface area (Å²) < 4.78 is 19.2. The highest BCUT2D eigenvalue weighted by Crippen LogP contribution is 2.44. The second kappa shape index (κ2) is 12.8. The number of hydrogen-bond donors (Lipinski definition) is 0. The fourth-order valence-corrected chi connectivity index (χ4v) is 8.59. The molecule has 0 bridgehead atoms. The van der Waals surface area contributed by atoms with Gasteiger partial charge in [-0.2, -0.15) is 0 Å². The molecule has 9 aromatic carbocycles. The molecule has 0 amide bonds. The molecule has 5 heteroatoms. The van der Waals surface area contributed by atoms with Crippen LogP contribution in [0.1, 0.15) is 0 Å². The van der Waals surface area contributed by atoms with E-state index in [4.69, 9.17) is 18.2 Å². The van der Waals surface area contributed by atoms with Crippen LogP contribution in [0.15, 0.2) is 207 Å². The van der Waals surface area contributed by atoms with Gasteiger partial charge in [-0.25, -0.2) is 4.98 Å². The van der Waals surface area contributed by atoms with Crippen LogP contribution in [0.4, 0.5) is 17.1 Å². The molecular weight excluding hydrogens is 713 g/mol. The number of hydrogen-bond acceptors (Lipinski definition) is 5. The molecule has 0 aliphatic carbocycles. The molecule has 0 fully saturated rings. The van der Waals surface area contributed by atoms with Gasteiger partial charge in [0, 0.05) is 44.5 Å². The summed E-state index contributed by atoms with van der Waals surface area (Å²) in [5.41, 5.74) is 13.3. The highest BCUT2D eigenvalue weighted by atomic mass is 16.4. The van der Waals surface area contributed by atoms with Gasteiger partial charge >= 0.3 is 0 Å². The average molecular weight is 745 g/mol. The summed E-state index contributed by atoms with van der Waals surface area (Å²) in [4.78, 5) is 7.15. The third-order valence-electron chi connectivity index (χ3n) is 11.3. The second-order valence-electron chi connectivity index (χ2n) is 14.7. The van der Waals surface area contributed by atoms with Gasteiger partial charge in [-0.1, -0.05) is 127 Å². The quantitative estimate of drug-likeness (QED) is 0.170. The summed E-state index contributed by atoms with van der Waals surface area (Å²) in [5.74, 6) is 0.592. The largest absolute Gasteiger partial charge is 0.456 e. The van der Waals surface area contributed by atoms with Crippen molar-refractivity contribution in [3.05, 3.63) is 194 Å². The first-order valence-electron chi connectivity index (χ1n) is 19.4. The Bertz CT molecular complexity index is 3500. The predicted molar refractivity (Wildman–Crippen MR) is 237 cm³/mol. The molecule has 0 aliphatic heterocycles. The van der Waals surface area contributed by atoms with Crippen molar-refractivity contribution in [2.24, 2.45) is 0 Å². The maximum Gasteiger partial charge on any atom is 0.227 e. The third-order valence-corrected chi connectivity index (χ3v) is 11.3. The zero-order valence-electron chi connectivity index (χ0n) is 31.1. The molecule has 3 heterocycles. The number of oxazole rings is 1. The van der Waals surface area contributed by atoms with Gasteiger partial charge < -0.3 is 18.2 Å². The van der Waals surface area contributed by atoms with Gasteiger partial charge in [-0.15, -0.1) is 0 Å². The molecule has 272 valence electrons. The van der Waals surface area contributed by atoms with Gasteiger partial charge in [0.15, 0.2) is 11.2 Å². The Morgan fingerprint density at radius 3 is 1.84 bits per heavy atom. The fourth-order valence-electron chi connectivity index (χ4n) is 8.59. The van der Waals surface area contributed by atoms with Crippen molar-refractivity contribution in [1.82, 2.24) is 4.98 Å². The molecule has 0 saturated heterocycles. The van der Waals surface area contributed by atoms with E-state index >= 15 is 0 Å². The summed E-state index contributed by atoms with van der Waals surface area (Å²) in [6.07, 6.45) is 0. The third kappa shape index (κ3) is 5.14. The number of benzene rings is 9. The topological polar surface area (TPSA) is 55.6 Å². The molecule has 0 N–H and O–H groups in total. The number of anilines is 3. The van der Waals surface area contributed by atoms with E-state index in [1.807, 2.05) is 54.6 Å². The first-order valence-corrected chi connectivity index (χ1v) is 19.4. The number of nitrogens with zero attached hydrogens (tertiary/aromatic N) is 2. The van der Waals surface area contributed by atoms with E-state index in [2.05, 4.69) is 144 Å². The summed E-state index contributed by atoms with van der Waals surface area (Å²) >= 11 is 0. The first kappa shape index (κ1) is 32.4. The number of aromatic nitrogens is 1. The van der Waals surface area contributed by atoms with Crippen molar-refractivity contribution < 1.29 is 13.3 Å². The van der Waals surface area contributed by atoms with Gasteiger partial charge in [0.05, 0.1) is 5.69 Å². The Balaban J connectivity index is 0.984. The summed E-state index contributed by atoms with van der Waals surface area (Å²) in [7, 11) is 0. The van der Waals surface area contributed by atoms with E-state index in [1.165, 1.54) is 16.3 Å². The van der Waals surface area contributed by atoms with Gasteiger partial charge in [0.2, 0.25) is 5.89 Å². The minimum atomic E-state index is 0.592. The monoisotopic (exact) mass is 744 g/mol. The van der Waals surface area contributed by atoms with Crippen LogP contribution >= 0.6 is 0 Å². The van der Waals surface area contributed by atoms with Crippen LogP contribution in [-0.4, -0.2) is 4.98 Å². The Hall–Kier alpha value is -7.89. The zero-order chi connectivity index (χ0) is 38.2. The van der Waals surface area contributed by atoms with E-state index in [0.717, 1.165) is 88.7 Å². The molecular formula is C53H32N2O3. The molecule has 12 aromatic rings. The van der Waals surface area contributed by atoms with Crippen LogP contribution in [0.5, 0.6) is 0 Å². The molecule has 58 heavy (non-hydrogen) atoms. The summed E-state index contributed by atoms with van der Waals surface area (Å²) in [6, 6.07) is 67.6. The number of para-hydroxylation sites is 2. The Morgan fingerprint density at radius 1 is 0.379 bits per heavy atom. The van der Waals surface area contributed by atoms with E-state index in [0.29, 0.717) is 11.5 Å². The van der Waals surface area contributed by atoms with E-state index in [-0.39, 0.29) is 0 Å². The van der Waals surface area contributed by atoms with E-state index in [9.17, 15) is 0 Å². The molecule has 0 atom stereocenters. The minimum Gasteiger partial charge on any atom is -0.456 e. The van der Waals surface area contributed by atoms with E-state index < -0.39 is 0 Å². The van der Waals surface area contributed by atoms with Crippen LogP contribution < -0.4 is 4.90 Å². The molecule has 12 rings (SSSR count). The van der Waals surface area contributed by atoms with Crippen LogP contribution in [0.3, 0.4) is 0 Å². The van der Waals surface area contributed by atoms with Gasteiger partial charge in [-0.3, -0.25) is 0 Å². The first-order chi connectivity index (χ1) is 28.7. The summed E-state index contributed by atoms with van der Waals surface area (Å²) in [5, 5.41) is 6.69. The molecule has 0 unspecified atom stereocenters. The van der Waals surface area contributed by atoms with Crippen molar-refractivity contribution in [2.75, 3.05) is 4.90 Å². The van der Waals surface area contributed by atoms with Crippen LogP contribution in [0.25, 0.3) is 99.5 Å². The Labute approximate surface area is 332 Å². The normalized spacial score (nSPS) is 11.8. The van der Waals surface area contributed by atoms with Crippen molar-refractivity contribution in [3.63, 3.8) is 0 Å². The van der Waals surface area contributed by atoms with Gasteiger partial charge in [0.1, 0.15) is 22.3 Å². The van der Waals surface area contributed by atoms with Gasteiger partial charge in [-0.05, 0) is 93.7 Å².